The Morgan fingerprint density at radius 3 is 2.91 bits per heavy atom. The van der Waals surface area contributed by atoms with E-state index in [1.807, 2.05) is 18.5 Å². The van der Waals surface area contributed by atoms with Gasteiger partial charge in [-0.25, -0.2) is 0 Å². The van der Waals surface area contributed by atoms with Gasteiger partial charge in [-0.2, -0.15) is 5.10 Å². The highest BCUT2D eigenvalue weighted by Gasteiger charge is 2.31. The molecule has 0 bridgehead atoms. The van der Waals surface area contributed by atoms with E-state index in [0.717, 1.165) is 18.7 Å². The van der Waals surface area contributed by atoms with E-state index in [9.17, 15) is 9.90 Å². The van der Waals surface area contributed by atoms with Gasteiger partial charge in [-0.15, -0.1) is 0 Å². The molecule has 1 fully saturated rings. The summed E-state index contributed by atoms with van der Waals surface area (Å²) < 4.78 is 7.40. The van der Waals surface area contributed by atoms with Crippen LogP contribution < -0.4 is 0 Å². The topological polar surface area (TPSA) is 67.6 Å². The number of morpholine rings is 1. The van der Waals surface area contributed by atoms with Crippen molar-refractivity contribution in [3.05, 3.63) is 17.5 Å². The van der Waals surface area contributed by atoms with Gasteiger partial charge < -0.3 is 14.7 Å². The van der Waals surface area contributed by atoms with Crippen LogP contribution in [0.15, 0.2) is 6.20 Å². The minimum absolute atomic E-state index is 0.00807. The summed E-state index contributed by atoms with van der Waals surface area (Å²) in [5.74, 6) is 0.579. The van der Waals surface area contributed by atoms with E-state index in [1.54, 1.807) is 11.1 Å². The summed E-state index contributed by atoms with van der Waals surface area (Å²) in [5, 5.41) is 13.6. The number of aromatic nitrogens is 2. The minimum Gasteiger partial charge on any atom is -0.394 e. The monoisotopic (exact) mass is 309 g/mol. The summed E-state index contributed by atoms with van der Waals surface area (Å²) in [7, 11) is 0. The third kappa shape index (κ3) is 3.67. The Morgan fingerprint density at radius 2 is 2.27 bits per heavy atom. The number of carbonyl (C=O) groups excluding carboxylic acids is 1. The van der Waals surface area contributed by atoms with E-state index in [1.165, 1.54) is 0 Å². The fourth-order valence-corrected chi connectivity index (χ4v) is 2.63. The quantitative estimate of drug-likeness (QED) is 0.894. The number of rotatable bonds is 5. The SMILES string of the molecule is Cc1c(C(=O)N2CC(CO)OCC2C)cnn1CCC(C)C. The van der Waals surface area contributed by atoms with E-state index in [-0.39, 0.29) is 24.7 Å². The summed E-state index contributed by atoms with van der Waals surface area (Å²) in [6.45, 7) is 9.90. The van der Waals surface area contributed by atoms with Crippen LogP contribution >= 0.6 is 0 Å². The molecule has 124 valence electrons. The second-order valence-electron chi connectivity index (χ2n) is 6.49. The van der Waals surface area contributed by atoms with Crippen LogP contribution in [-0.4, -0.2) is 57.6 Å². The Labute approximate surface area is 132 Å². The first kappa shape index (κ1) is 17.0. The van der Waals surface area contributed by atoms with Crippen LogP contribution in [0.3, 0.4) is 0 Å². The molecule has 2 heterocycles. The average molecular weight is 309 g/mol. The molecule has 1 aromatic rings. The molecule has 2 atom stereocenters. The van der Waals surface area contributed by atoms with Gasteiger partial charge in [0.2, 0.25) is 0 Å². The van der Waals surface area contributed by atoms with Crippen molar-refractivity contribution in [1.82, 2.24) is 14.7 Å². The molecule has 0 spiro atoms. The van der Waals surface area contributed by atoms with E-state index < -0.39 is 0 Å². The van der Waals surface area contributed by atoms with Crippen LogP contribution in [0, 0.1) is 12.8 Å². The summed E-state index contributed by atoms with van der Waals surface area (Å²) in [5.41, 5.74) is 1.55. The molecule has 6 heteroatoms. The molecule has 1 aliphatic heterocycles. The second-order valence-corrected chi connectivity index (χ2v) is 6.49. The van der Waals surface area contributed by atoms with Gasteiger partial charge in [0.1, 0.15) is 0 Å². The van der Waals surface area contributed by atoms with E-state index in [4.69, 9.17) is 4.74 Å². The molecule has 1 aliphatic rings. The average Bonchev–Trinajstić information content (AvgIpc) is 2.86. The molecule has 1 amide bonds. The lowest BCUT2D eigenvalue weighted by Crippen LogP contribution is -2.52. The number of aliphatic hydroxyl groups is 1. The number of hydrogen-bond donors (Lipinski definition) is 1. The number of amides is 1. The lowest BCUT2D eigenvalue weighted by Gasteiger charge is -2.37. The number of aliphatic hydroxyl groups excluding tert-OH is 1. The van der Waals surface area contributed by atoms with Crippen molar-refractivity contribution in [2.45, 2.75) is 52.8 Å². The molecule has 2 unspecified atom stereocenters. The molecule has 1 N–H and O–H groups in total. The van der Waals surface area contributed by atoms with Crippen molar-refractivity contribution in [2.24, 2.45) is 5.92 Å². The molecule has 0 saturated carbocycles. The van der Waals surface area contributed by atoms with Crippen LogP contribution in [-0.2, 0) is 11.3 Å². The predicted octanol–water partition coefficient (Wildman–Crippen LogP) is 1.46. The van der Waals surface area contributed by atoms with E-state index in [2.05, 4.69) is 18.9 Å². The lowest BCUT2D eigenvalue weighted by molar-refractivity contribution is -0.0667. The summed E-state index contributed by atoms with van der Waals surface area (Å²) >= 11 is 0. The van der Waals surface area contributed by atoms with Crippen molar-refractivity contribution < 1.29 is 14.6 Å². The molecule has 6 nitrogen and oxygen atoms in total. The number of carbonyl (C=O) groups is 1. The number of nitrogens with zero attached hydrogens (tertiary/aromatic N) is 3. The third-order valence-corrected chi connectivity index (χ3v) is 4.22. The fraction of sp³-hybridized carbons (Fsp3) is 0.750. The summed E-state index contributed by atoms with van der Waals surface area (Å²) in [6.07, 6.45) is 2.40. The third-order valence-electron chi connectivity index (χ3n) is 4.22. The molecule has 1 aromatic heterocycles. The van der Waals surface area contributed by atoms with Gasteiger partial charge in [0.15, 0.2) is 0 Å². The zero-order chi connectivity index (χ0) is 16.3. The summed E-state index contributed by atoms with van der Waals surface area (Å²) in [4.78, 5) is 14.6. The van der Waals surface area contributed by atoms with Gasteiger partial charge in [-0.1, -0.05) is 13.8 Å². The smallest absolute Gasteiger partial charge is 0.257 e. The van der Waals surface area contributed by atoms with Crippen LogP contribution in [0.1, 0.15) is 43.2 Å². The second kappa shape index (κ2) is 7.24. The van der Waals surface area contributed by atoms with Gasteiger partial charge in [0, 0.05) is 18.8 Å². The molecule has 0 aliphatic carbocycles. The van der Waals surface area contributed by atoms with Crippen LogP contribution in [0.5, 0.6) is 0 Å². The van der Waals surface area contributed by atoms with Crippen molar-refractivity contribution in [1.29, 1.82) is 0 Å². The van der Waals surface area contributed by atoms with Gasteiger partial charge in [-0.05, 0) is 26.2 Å². The zero-order valence-corrected chi connectivity index (χ0v) is 14.0. The van der Waals surface area contributed by atoms with E-state index in [0.29, 0.717) is 24.6 Å². The molecule has 0 radical (unpaired) electrons. The van der Waals surface area contributed by atoms with Crippen molar-refractivity contribution in [3.8, 4) is 0 Å². The Morgan fingerprint density at radius 1 is 1.55 bits per heavy atom. The Hall–Kier alpha value is -1.40. The van der Waals surface area contributed by atoms with Gasteiger partial charge in [0.25, 0.3) is 5.91 Å². The van der Waals surface area contributed by atoms with Gasteiger partial charge >= 0.3 is 0 Å². The van der Waals surface area contributed by atoms with Crippen LogP contribution in [0.25, 0.3) is 0 Å². The maximum Gasteiger partial charge on any atom is 0.257 e. The normalized spacial score (nSPS) is 22.4. The van der Waals surface area contributed by atoms with Crippen LogP contribution in [0.4, 0.5) is 0 Å². The van der Waals surface area contributed by atoms with Crippen LogP contribution in [0.2, 0.25) is 0 Å². The van der Waals surface area contributed by atoms with Gasteiger partial charge in [-0.3, -0.25) is 9.48 Å². The van der Waals surface area contributed by atoms with E-state index >= 15 is 0 Å². The number of aryl methyl sites for hydroxylation is 1. The minimum atomic E-state index is -0.295. The Balaban J connectivity index is 2.11. The highest BCUT2D eigenvalue weighted by atomic mass is 16.5. The standard InChI is InChI=1S/C16H27N3O3/c1-11(2)5-6-19-13(4)15(7-17-19)16(21)18-8-14(9-20)22-10-12(18)3/h7,11-12,14,20H,5-6,8-10H2,1-4H3. The highest BCUT2D eigenvalue weighted by molar-refractivity contribution is 5.95. The molecule has 0 aromatic carbocycles. The maximum absolute atomic E-state index is 12.8. The first-order chi connectivity index (χ1) is 10.4. The first-order valence-corrected chi connectivity index (χ1v) is 7.99. The van der Waals surface area contributed by atoms with Crippen molar-refractivity contribution in [3.63, 3.8) is 0 Å². The fourth-order valence-electron chi connectivity index (χ4n) is 2.63. The zero-order valence-electron chi connectivity index (χ0n) is 14.0. The van der Waals surface area contributed by atoms with Crippen molar-refractivity contribution >= 4 is 5.91 Å². The Bertz CT molecular complexity index is 513. The first-order valence-electron chi connectivity index (χ1n) is 7.99. The predicted molar refractivity (Wildman–Crippen MR) is 83.7 cm³/mol. The molecule has 2 rings (SSSR count). The highest BCUT2D eigenvalue weighted by Crippen LogP contribution is 2.18. The molecular weight excluding hydrogens is 282 g/mol. The summed E-state index contributed by atoms with van der Waals surface area (Å²) in [6, 6.07) is 0.00807. The molecular formula is C16H27N3O3. The Kier molecular flexibility index (Phi) is 5.58. The molecule has 22 heavy (non-hydrogen) atoms. The number of hydrogen-bond acceptors (Lipinski definition) is 4. The van der Waals surface area contributed by atoms with Crippen molar-refractivity contribution in [2.75, 3.05) is 19.8 Å². The van der Waals surface area contributed by atoms with Gasteiger partial charge in [0.05, 0.1) is 37.1 Å². The largest absolute Gasteiger partial charge is 0.394 e. The number of ether oxygens (including phenoxy) is 1. The molecule has 1 saturated heterocycles. The maximum atomic E-state index is 12.8. The lowest BCUT2D eigenvalue weighted by atomic mass is 10.1.